The van der Waals surface area contributed by atoms with Crippen molar-refractivity contribution in [1.29, 1.82) is 0 Å². The first-order valence-corrected chi connectivity index (χ1v) is 8.01. The summed E-state index contributed by atoms with van der Waals surface area (Å²) in [5, 5.41) is 0.390. The van der Waals surface area contributed by atoms with Gasteiger partial charge in [-0.3, -0.25) is 0 Å². The maximum absolute atomic E-state index is 11.5. The first-order chi connectivity index (χ1) is 9.27. The minimum absolute atomic E-state index is 0.0548. The summed E-state index contributed by atoms with van der Waals surface area (Å²) in [5.74, 6) is 0.411. The molecular weight excluding hydrogens is 323 g/mol. The summed E-state index contributed by atoms with van der Waals surface area (Å²) in [6.45, 7) is 0. The van der Waals surface area contributed by atoms with Crippen LogP contribution in [0.5, 0.6) is 11.6 Å². The van der Waals surface area contributed by atoms with Crippen LogP contribution in [-0.4, -0.2) is 19.7 Å². The third-order valence-corrected chi connectivity index (χ3v) is 4.06. The second kappa shape index (κ2) is 5.47. The Balaban J connectivity index is 2.38. The van der Waals surface area contributed by atoms with Crippen molar-refractivity contribution < 1.29 is 13.2 Å². The number of hydrogen-bond acceptors (Lipinski definition) is 5. The topological polar surface area (TPSA) is 82.3 Å². The SMILES string of the molecule is CS(=O)(=O)c1cccc(Oc2nc(N)c(Cl)cc2Cl)c1. The highest BCUT2D eigenvalue weighted by Gasteiger charge is 2.12. The summed E-state index contributed by atoms with van der Waals surface area (Å²) in [6.07, 6.45) is 1.11. The molecule has 0 amide bonds. The van der Waals surface area contributed by atoms with Crippen molar-refractivity contribution in [2.24, 2.45) is 0 Å². The molecule has 2 rings (SSSR count). The lowest BCUT2D eigenvalue weighted by Crippen LogP contribution is -1.98. The van der Waals surface area contributed by atoms with Crippen LogP contribution in [0.2, 0.25) is 10.0 Å². The number of anilines is 1. The fourth-order valence-electron chi connectivity index (χ4n) is 1.41. The smallest absolute Gasteiger partial charge is 0.240 e. The third kappa shape index (κ3) is 3.33. The van der Waals surface area contributed by atoms with Gasteiger partial charge in [0.15, 0.2) is 9.84 Å². The Kier molecular flexibility index (Phi) is 4.08. The normalized spacial score (nSPS) is 11.3. The van der Waals surface area contributed by atoms with Crippen LogP contribution in [0.3, 0.4) is 0 Å². The van der Waals surface area contributed by atoms with E-state index in [9.17, 15) is 8.42 Å². The minimum atomic E-state index is -3.32. The molecule has 106 valence electrons. The number of rotatable bonds is 3. The van der Waals surface area contributed by atoms with Gasteiger partial charge in [0.05, 0.1) is 9.92 Å². The van der Waals surface area contributed by atoms with Crippen LogP contribution < -0.4 is 10.5 Å². The van der Waals surface area contributed by atoms with Crippen molar-refractivity contribution in [1.82, 2.24) is 4.98 Å². The zero-order valence-electron chi connectivity index (χ0n) is 10.3. The second-order valence-electron chi connectivity index (χ2n) is 3.99. The zero-order valence-corrected chi connectivity index (χ0v) is 12.6. The zero-order chi connectivity index (χ0) is 14.9. The van der Waals surface area contributed by atoms with Crippen LogP contribution in [0.15, 0.2) is 35.2 Å². The van der Waals surface area contributed by atoms with Gasteiger partial charge >= 0.3 is 0 Å². The minimum Gasteiger partial charge on any atom is -0.437 e. The Morgan fingerprint density at radius 1 is 1.20 bits per heavy atom. The molecule has 2 N–H and O–H groups in total. The number of nitrogens with zero attached hydrogens (tertiary/aromatic N) is 1. The summed E-state index contributed by atoms with van der Waals surface area (Å²) >= 11 is 11.7. The summed E-state index contributed by atoms with van der Waals surface area (Å²) < 4.78 is 28.4. The van der Waals surface area contributed by atoms with Gasteiger partial charge in [0.1, 0.15) is 16.6 Å². The molecular formula is C12H10Cl2N2O3S. The van der Waals surface area contributed by atoms with E-state index < -0.39 is 9.84 Å². The van der Waals surface area contributed by atoms with E-state index in [2.05, 4.69) is 4.98 Å². The summed E-state index contributed by atoms with van der Waals surface area (Å²) in [6, 6.07) is 7.38. The van der Waals surface area contributed by atoms with Gasteiger partial charge in [0.2, 0.25) is 5.88 Å². The highest BCUT2D eigenvalue weighted by atomic mass is 35.5. The average Bonchev–Trinajstić information content (AvgIpc) is 2.35. The number of ether oxygens (including phenoxy) is 1. The number of hydrogen-bond donors (Lipinski definition) is 1. The standard InChI is InChI=1S/C12H10Cl2N2O3S/c1-20(17,18)8-4-2-3-7(5-8)19-12-10(14)6-9(13)11(15)16-12/h2-6H,1H3,(H2,15,16). The predicted molar refractivity (Wildman–Crippen MR) is 78.3 cm³/mol. The van der Waals surface area contributed by atoms with E-state index in [0.29, 0.717) is 0 Å². The molecule has 1 aromatic heterocycles. The number of sulfone groups is 1. The molecule has 1 aromatic carbocycles. The van der Waals surface area contributed by atoms with Crippen molar-refractivity contribution in [2.75, 3.05) is 12.0 Å². The molecule has 0 aliphatic heterocycles. The van der Waals surface area contributed by atoms with E-state index in [1.54, 1.807) is 12.1 Å². The number of benzene rings is 1. The van der Waals surface area contributed by atoms with E-state index in [0.717, 1.165) is 6.26 Å². The van der Waals surface area contributed by atoms with E-state index >= 15 is 0 Å². The lowest BCUT2D eigenvalue weighted by molar-refractivity contribution is 0.462. The van der Waals surface area contributed by atoms with Gasteiger partial charge in [-0.05, 0) is 24.3 Å². The second-order valence-corrected chi connectivity index (χ2v) is 6.82. The quantitative estimate of drug-likeness (QED) is 0.933. The molecule has 0 fully saturated rings. The lowest BCUT2D eigenvalue weighted by atomic mass is 10.3. The highest BCUT2D eigenvalue weighted by Crippen LogP contribution is 2.32. The Labute approximate surface area is 126 Å². The molecule has 0 atom stereocenters. The predicted octanol–water partition coefficient (Wildman–Crippen LogP) is 3.17. The monoisotopic (exact) mass is 332 g/mol. The third-order valence-electron chi connectivity index (χ3n) is 2.37. The van der Waals surface area contributed by atoms with Gasteiger partial charge in [0, 0.05) is 6.26 Å². The van der Waals surface area contributed by atoms with E-state index in [1.165, 1.54) is 18.2 Å². The molecule has 0 radical (unpaired) electrons. The van der Waals surface area contributed by atoms with E-state index in [4.69, 9.17) is 33.7 Å². The first kappa shape index (κ1) is 14.9. The summed E-state index contributed by atoms with van der Waals surface area (Å²) in [5.41, 5.74) is 5.56. The summed E-state index contributed by atoms with van der Waals surface area (Å²) in [4.78, 5) is 4.03. The molecule has 20 heavy (non-hydrogen) atoms. The van der Waals surface area contributed by atoms with Gasteiger partial charge in [-0.25, -0.2) is 8.42 Å². The number of aromatic nitrogens is 1. The molecule has 0 saturated carbocycles. The molecule has 0 bridgehead atoms. The van der Waals surface area contributed by atoms with Crippen LogP contribution >= 0.6 is 23.2 Å². The number of halogens is 2. The van der Waals surface area contributed by atoms with Crippen molar-refractivity contribution in [3.63, 3.8) is 0 Å². The first-order valence-electron chi connectivity index (χ1n) is 5.37. The van der Waals surface area contributed by atoms with Crippen molar-refractivity contribution in [2.45, 2.75) is 4.90 Å². The maximum Gasteiger partial charge on any atom is 0.240 e. The van der Waals surface area contributed by atoms with Crippen LogP contribution in [-0.2, 0) is 9.84 Å². The van der Waals surface area contributed by atoms with Crippen molar-refractivity contribution >= 4 is 38.9 Å². The van der Waals surface area contributed by atoms with Gasteiger partial charge in [-0.1, -0.05) is 29.3 Å². The van der Waals surface area contributed by atoms with E-state index in [-0.39, 0.29) is 32.4 Å². The highest BCUT2D eigenvalue weighted by molar-refractivity contribution is 7.90. The lowest BCUT2D eigenvalue weighted by Gasteiger charge is -2.09. The fraction of sp³-hybridized carbons (Fsp3) is 0.0833. The average molecular weight is 333 g/mol. The molecule has 0 aliphatic rings. The fourth-order valence-corrected chi connectivity index (χ4v) is 2.47. The molecule has 0 unspecified atom stereocenters. The molecule has 0 spiro atoms. The molecule has 0 saturated heterocycles. The van der Waals surface area contributed by atoms with Gasteiger partial charge in [0.25, 0.3) is 0 Å². The maximum atomic E-state index is 11.5. The molecule has 1 heterocycles. The van der Waals surface area contributed by atoms with Crippen LogP contribution in [0, 0.1) is 0 Å². The van der Waals surface area contributed by atoms with Gasteiger partial charge in [-0.15, -0.1) is 0 Å². The molecule has 2 aromatic rings. The molecule has 0 aliphatic carbocycles. The van der Waals surface area contributed by atoms with Crippen molar-refractivity contribution in [3.8, 4) is 11.6 Å². The Bertz CT molecular complexity index is 763. The summed E-state index contributed by atoms with van der Waals surface area (Å²) in [7, 11) is -3.32. The van der Waals surface area contributed by atoms with Crippen LogP contribution in [0.4, 0.5) is 5.82 Å². The Morgan fingerprint density at radius 2 is 1.90 bits per heavy atom. The number of pyridine rings is 1. The van der Waals surface area contributed by atoms with Gasteiger partial charge in [-0.2, -0.15) is 4.98 Å². The van der Waals surface area contributed by atoms with Crippen molar-refractivity contribution in [3.05, 3.63) is 40.4 Å². The Hall–Kier alpha value is -1.50. The molecule has 8 heteroatoms. The van der Waals surface area contributed by atoms with Gasteiger partial charge < -0.3 is 10.5 Å². The van der Waals surface area contributed by atoms with Crippen LogP contribution in [0.25, 0.3) is 0 Å². The largest absolute Gasteiger partial charge is 0.437 e. The van der Waals surface area contributed by atoms with Crippen LogP contribution in [0.1, 0.15) is 0 Å². The Morgan fingerprint density at radius 3 is 2.55 bits per heavy atom. The van der Waals surface area contributed by atoms with E-state index in [1.807, 2.05) is 0 Å². The number of nitrogens with two attached hydrogens (primary N) is 1. The molecule has 5 nitrogen and oxygen atoms in total. The number of nitrogen functional groups attached to an aromatic ring is 1.